The van der Waals surface area contributed by atoms with E-state index >= 15 is 0 Å². The van der Waals surface area contributed by atoms with Gasteiger partial charge in [-0.3, -0.25) is 0 Å². The SMILES string of the molecule is C=C(C)C.c1cc2ccc3cccc4ccc(c1)c2c34. The van der Waals surface area contributed by atoms with Crippen LogP contribution in [0.25, 0.3) is 32.3 Å². The summed E-state index contributed by atoms with van der Waals surface area (Å²) in [4.78, 5) is 0. The molecule has 0 spiro atoms. The van der Waals surface area contributed by atoms with Crippen LogP contribution in [-0.4, -0.2) is 0 Å². The molecule has 0 nitrogen and oxygen atoms in total. The Kier molecular flexibility index (Phi) is 3.15. The first-order chi connectivity index (χ1) is 9.66. The molecule has 20 heavy (non-hydrogen) atoms. The molecule has 4 aromatic rings. The topological polar surface area (TPSA) is 0 Å². The molecule has 0 N–H and O–H groups in total. The molecule has 0 unspecified atom stereocenters. The highest BCUT2D eigenvalue weighted by molar-refractivity contribution is 6.22. The van der Waals surface area contributed by atoms with Crippen molar-refractivity contribution in [2.45, 2.75) is 13.8 Å². The minimum atomic E-state index is 1.17. The van der Waals surface area contributed by atoms with Crippen molar-refractivity contribution in [1.82, 2.24) is 0 Å². The lowest BCUT2D eigenvalue weighted by molar-refractivity contribution is 1.42. The normalized spacial score (nSPS) is 10.7. The first-order valence-corrected chi connectivity index (χ1v) is 6.91. The van der Waals surface area contributed by atoms with Gasteiger partial charge in [-0.25, -0.2) is 0 Å². The van der Waals surface area contributed by atoms with Crippen LogP contribution in [-0.2, 0) is 0 Å². The Bertz CT molecular complexity index is 750. The fraction of sp³-hybridized carbons (Fsp3) is 0.100. The first-order valence-electron chi connectivity index (χ1n) is 6.91. The Morgan fingerprint density at radius 2 is 0.850 bits per heavy atom. The molecular formula is C20H18. The molecular weight excluding hydrogens is 240 g/mol. The van der Waals surface area contributed by atoms with E-state index in [-0.39, 0.29) is 0 Å². The first kappa shape index (κ1) is 12.7. The van der Waals surface area contributed by atoms with Crippen LogP contribution < -0.4 is 0 Å². The number of allylic oxidation sites excluding steroid dienone is 1. The molecule has 0 aliphatic rings. The van der Waals surface area contributed by atoms with E-state index in [2.05, 4.69) is 67.2 Å². The molecule has 0 radical (unpaired) electrons. The molecule has 0 amide bonds. The molecule has 0 atom stereocenters. The van der Waals surface area contributed by atoms with E-state index in [1.54, 1.807) is 0 Å². The van der Waals surface area contributed by atoms with Gasteiger partial charge in [-0.2, -0.15) is 0 Å². The Morgan fingerprint density at radius 1 is 0.600 bits per heavy atom. The van der Waals surface area contributed by atoms with Crippen molar-refractivity contribution in [2.24, 2.45) is 0 Å². The average molecular weight is 258 g/mol. The van der Waals surface area contributed by atoms with Crippen LogP contribution in [0.15, 0.2) is 72.8 Å². The van der Waals surface area contributed by atoms with Crippen LogP contribution >= 0.6 is 0 Å². The van der Waals surface area contributed by atoms with Gasteiger partial charge in [0.2, 0.25) is 0 Å². The Balaban J connectivity index is 0.000000272. The number of benzene rings is 4. The summed E-state index contributed by atoms with van der Waals surface area (Å²) in [6.45, 7) is 7.50. The van der Waals surface area contributed by atoms with Gasteiger partial charge >= 0.3 is 0 Å². The van der Waals surface area contributed by atoms with Crippen molar-refractivity contribution >= 4 is 32.3 Å². The van der Waals surface area contributed by atoms with Gasteiger partial charge in [-0.15, -0.1) is 6.58 Å². The second kappa shape index (κ2) is 4.97. The fourth-order valence-electron chi connectivity index (χ4n) is 2.67. The molecule has 0 heterocycles. The van der Waals surface area contributed by atoms with Gasteiger partial charge in [-0.05, 0) is 46.2 Å². The second-order valence-electron chi connectivity index (χ2n) is 5.50. The third-order valence-electron chi connectivity index (χ3n) is 3.39. The summed E-state index contributed by atoms with van der Waals surface area (Å²) in [5.41, 5.74) is 1.17. The standard InChI is InChI=1S/C16H10.C4H8/c1-3-11-7-9-13-5-2-6-14-10-8-12(4-1)15(11)16(13)14;1-4(2)3/h1-10H;1H2,2-3H3. The zero-order valence-electron chi connectivity index (χ0n) is 12.0. The Morgan fingerprint density at radius 3 is 1.10 bits per heavy atom. The van der Waals surface area contributed by atoms with Gasteiger partial charge in [0.15, 0.2) is 0 Å². The van der Waals surface area contributed by atoms with E-state index in [0.29, 0.717) is 0 Å². The van der Waals surface area contributed by atoms with Crippen molar-refractivity contribution in [3.63, 3.8) is 0 Å². The van der Waals surface area contributed by atoms with Crippen molar-refractivity contribution in [3.8, 4) is 0 Å². The highest BCUT2D eigenvalue weighted by Crippen LogP contribution is 2.33. The van der Waals surface area contributed by atoms with Crippen LogP contribution in [0, 0.1) is 0 Å². The number of hydrogen-bond donors (Lipinski definition) is 0. The van der Waals surface area contributed by atoms with E-state index in [4.69, 9.17) is 0 Å². The molecule has 0 saturated carbocycles. The molecule has 98 valence electrons. The third kappa shape index (κ3) is 2.14. The van der Waals surface area contributed by atoms with E-state index in [9.17, 15) is 0 Å². The second-order valence-corrected chi connectivity index (χ2v) is 5.50. The maximum absolute atomic E-state index is 3.56. The van der Waals surface area contributed by atoms with E-state index in [0.717, 1.165) is 0 Å². The van der Waals surface area contributed by atoms with E-state index < -0.39 is 0 Å². The quantitative estimate of drug-likeness (QED) is 0.261. The number of rotatable bonds is 0. The molecule has 0 aromatic heterocycles. The van der Waals surface area contributed by atoms with Gasteiger partial charge in [0, 0.05) is 0 Å². The van der Waals surface area contributed by atoms with E-state index in [1.807, 2.05) is 13.8 Å². The largest absolute Gasteiger partial charge is 0.100 e. The lowest BCUT2D eigenvalue weighted by Crippen LogP contribution is -1.82. The van der Waals surface area contributed by atoms with Crippen LogP contribution in [0.1, 0.15) is 13.8 Å². The van der Waals surface area contributed by atoms with Crippen molar-refractivity contribution in [1.29, 1.82) is 0 Å². The molecule has 0 fully saturated rings. The van der Waals surface area contributed by atoms with Gasteiger partial charge in [0.25, 0.3) is 0 Å². The van der Waals surface area contributed by atoms with Crippen LogP contribution in [0.4, 0.5) is 0 Å². The lowest BCUT2D eigenvalue weighted by Gasteiger charge is -2.09. The molecule has 4 rings (SSSR count). The molecule has 0 aliphatic carbocycles. The van der Waals surface area contributed by atoms with Crippen LogP contribution in [0.5, 0.6) is 0 Å². The highest BCUT2D eigenvalue weighted by Gasteiger charge is 2.05. The Hall–Kier alpha value is -2.34. The van der Waals surface area contributed by atoms with Crippen molar-refractivity contribution < 1.29 is 0 Å². The van der Waals surface area contributed by atoms with Crippen LogP contribution in [0.2, 0.25) is 0 Å². The fourth-order valence-corrected chi connectivity index (χ4v) is 2.67. The van der Waals surface area contributed by atoms with Gasteiger partial charge < -0.3 is 0 Å². The molecule has 0 bridgehead atoms. The van der Waals surface area contributed by atoms with Crippen LogP contribution in [0.3, 0.4) is 0 Å². The molecule has 0 heteroatoms. The lowest BCUT2D eigenvalue weighted by atomic mass is 9.95. The van der Waals surface area contributed by atoms with E-state index in [1.165, 1.54) is 37.9 Å². The predicted molar refractivity (Wildman–Crippen MR) is 90.6 cm³/mol. The van der Waals surface area contributed by atoms with Crippen molar-refractivity contribution in [2.75, 3.05) is 0 Å². The molecule has 0 aliphatic heterocycles. The molecule has 0 saturated heterocycles. The van der Waals surface area contributed by atoms with Gasteiger partial charge in [-0.1, -0.05) is 66.2 Å². The minimum absolute atomic E-state index is 1.17. The summed E-state index contributed by atoms with van der Waals surface area (Å²) in [7, 11) is 0. The zero-order chi connectivity index (χ0) is 14.1. The smallest absolute Gasteiger partial charge is 0.00268 e. The average Bonchev–Trinajstić information content (AvgIpc) is 2.44. The number of hydrogen-bond acceptors (Lipinski definition) is 0. The Labute approximate surface area is 119 Å². The highest BCUT2D eigenvalue weighted by atomic mass is 14.1. The summed E-state index contributed by atoms with van der Waals surface area (Å²) in [5, 5.41) is 8.14. The maximum Gasteiger partial charge on any atom is -0.00268 e. The summed E-state index contributed by atoms with van der Waals surface area (Å²) < 4.78 is 0. The monoisotopic (exact) mass is 258 g/mol. The summed E-state index contributed by atoms with van der Waals surface area (Å²) in [6, 6.07) is 21.9. The predicted octanol–water partition coefficient (Wildman–Crippen LogP) is 6.17. The summed E-state index contributed by atoms with van der Waals surface area (Å²) >= 11 is 0. The summed E-state index contributed by atoms with van der Waals surface area (Å²) in [5.74, 6) is 0. The molecule has 4 aromatic carbocycles. The summed E-state index contributed by atoms with van der Waals surface area (Å²) in [6.07, 6.45) is 0. The third-order valence-corrected chi connectivity index (χ3v) is 3.39. The van der Waals surface area contributed by atoms with Crippen molar-refractivity contribution in [3.05, 3.63) is 72.8 Å². The zero-order valence-corrected chi connectivity index (χ0v) is 12.0. The maximum atomic E-state index is 3.56. The van der Waals surface area contributed by atoms with Gasteiger partial charge in [0.05, 0.1) is 0 Å². The van der Waals surface area contributed by atoms with Gasteiger partial charge in [0.1, 0.15) is 0 Å². The minimum Gasteiger partial charge on any atom is -0.100 e.